The first-order valence-electron chi connectivity index (χ1n) is 8.41. The van der Waals surface area contributed by atoms with Gasteiger partial charge in [0.25, 0.3) is 0 Å². The Morgan fingerprint density at radius 1 is 1.22 bits per heavy atom. The molecule has 23 heavy (non-hydrogen) atoms. The van der Waals surface area contributed by atoms with Gasteiger partial charge in [-0.3, -0.25) is 4.79 Å². The summed E-state index contributed by atoms with van der Waals surface area (Å²) in [6.07, 6.45) is 8.23. The zero-order valence-electron chi connectivity index (χ0n) is 13.9. The largest absolute Gasteiger partial charge is 0.507 e. The molecule has 0 saturated carbocycles. The van der Waals surface area contributed by atoms with Gasteiger partial charge in [0.1, 0.15) is 5.75 Å². The van der Waals surface area contributed by atoms with Crippen molar-refractivity contribution in [1.29, 1.82) is 0 Å². The molecule has 0 aliphatic heterocycles. The molecular weight excluding hydrogens is 292 g/mol. The van der Waals surface area contributed by atoms with Crippen molar-refractivity contribution >= 4 is 12.1 Å². The molecule has 0 aliphatic rings. The van der Waals surface area contributed by atoms with Crippen molar-refractivity contribution in [2.45, 2.75) is 64.4 Å². The van der Waals surface area contributed by atoms with Gasteiger partial charge in [-0.05, 0) is 25.0 Å². The molecule has 0 heterocycles. The summed E-state index contributed by atoms with van der Waals surface area (Å²) < 4.78 is 0. The number of phenolic OH excluding ortho intramolecular Hbond substituents is 1. The number of hydrogen-bond donors (Lipinski definition) is 3. The second-order valence-corrected chi connectivity index (χ2v) is 5.75. The normalized spacial score (nSPS) is 12.4. The summed E-state index contributed by atoms with van der Waals surface area (Å²) in [7, 11) is 0. The molecule has 1 atom stereocenters. The number of nitrogens with zero attached hydrogens (tertiary/aromatic N) is 1. The minimum atomic E-state index is -0.426. The molecule has 3 N–H and O–H groups in total. The van der Waals surface area contributed by atoms with Gasteiger partial charge in [0.2, 0.25) is 5.91 Å². The van der Waals surface area contributed by atoms with Crippen LogP contribution in [0.5, 0.6) is 5.75 Å². The van der Waals surface area contributed by atoms with Crippen molar-refractivity contribution in [3.05, 3.63) is 29.8 Å². The Morgan fingerprint density at radius 3 is 2.70 bits per heavy atom. The van der Waals surface area contributed by atoms with E-state index in [1.165, 1.54) is 25.5 Å². The average Bonchev–Trinajstić information content (AvgIpc) is 2.54. The summed E-state index contributed by atoms with van der Waals surface area (Å²) in [5.74, 6) is -0.120. The maximum Gasteiger partial charge on any atom is 0.240 e. The number of hydrogen-bond acceptors (Lipinski definition) is 4. The van der Waals surface area contributed by atoms with Gasteiger partial charge in [0, 0.05) is 12.0 Å². The highest BCUT2D eigenvalue weighted by molar-refractivity contribution is 5.84. The van der Waals surface area contributed by atoms with Crippen LogP contribution in [0.15, 0.2) is 29.4 Å². The first-order valence-corrected chi connectivity index (χ1v) is 8.41. The molecule has 1 amide bonds. The van der Waals surface area contributed by atoms with Crippen molar-refractivity contribution in [3.8, 4) is 5.75 Å². The number of unbranched alkanes of at least 4 members (excludes halogenated alkanes) is 4. The summed E-state index contributed by atoms with van der Waals surface area (Å²) in [5.41, 5.74) is 2.95. The number of hydrazone groups is 1. The molecule has 1 aromatic rings. The van der Waals surface area contributed by atoms with Crippen LogP contribution in [0.3, 0.4) is 0 Å². The lowest BCUT2D eigenvalue weighted by molar-refractivity contribution is -0.121. The van der Waals surface area contributed by atoms with Crippen LogP contribution in [0.2, 0.25) is 0 Å². The highest BCUT2D eigenvalue weighted by Gasteiger charge is 2.07. The van der Waals surface area contributed by atoms with E-state index in [9.17, 15) is 15.0 Å². The average molecular weight is 320 g/mol. The molecule has 0 fully saturated rings. The Kier molecular flexibility index (Phi) is 9.71. The van der Waals surface area contributed by atoms with Crippen LogP contribution in [0.4, 0.5) is 0 Å². The molecule has 0 unspecified atom stereocenters. The fourth-order valence-electron chi connectivity index (χ4n) is 2.25. The summed E-state index contributed by atoms with van der Waals surface area (Å²) in [6, 6.07) is 6.75. The molecule has 0 spiro atoms. The predicted octanol–water partition coefficient (Wildman–Crippen LogP) is 3.34. The van der Waals surface area contributed by atoms with E-state index in [1.54, 1.807) is 24.3 Å². The van der Waals surface area contributed by atoms with Crippen molar-refractivity contribution in [2.75, 3.05) is 0 Å². The number of nitrogens with one attached hydrogen (secondary N) is 1. The summed E-state index contributed by atoms with van der Waals surface area (Å²) in [5, 5.41) is 23.2. The maximum absolute atomic E-state index is 11.6. The molecular formula is C18H28N2O3. The quantitative estimate of drug-likeness (QED) is 0.332. The van der Waals surface area contributed by atoms with Gasteiger partial charge in [-0.1, -0.05) is 51.2 Å². The van der Waals surface area contributed by atoms with Gasteiger partial charge in [-0.2, -0.15) is 5.10 Å². The fourth-order valence-corrected chi connectivity index (χ4v) is 2.25. The SMILES string of the molecule is CCCCCCC[C@H](O)CCC(=O)N/N=C\c1ccccc1O. The third-order valence-corrected chi connectivity index (χ3v) is 3.68. The minimum Gasteiger partial charge on any atom is -0.507 e. The number of amides is 1. The fraction of sp³-hybridized carbons (Fsp3) is 0.556. The first-order chi connectivity index (χ1) is 11.1. The standard InChI is InChI=1S/C18H28N2O3/c1-2-3-4-5-6-10-16(21)12-13-18(23)20-19-14-15-9-7-8-11-17(15)22/h7-9,11,14,16,21-22H,2-6,10,12-13H2,1H3,(H,20,23)/b19-14-/t16-/m0/s1. The van der Waals surface area contributed by atoms with Gasteiger partial charge in [0.15, 0.2) is 0 Å². The van der Waals surface area contributed by atoms with E-state index < -0.39 is 6.10 Å². The Hall–Kier alpha value is -1.88. The van der Waals surface area contributed by atoms with Crippen LogP contribution in [-0.4, -0.2) is 28.4 Å². The highest BCUT2D eigenvalue weighted by Crippen LogP contribution is 2.12. The smallest absolute Gasteiger partial charge is 0.240 e. The molecule has 0 aromatic heterocycles. The van der Waals surface area contributed by atoms with E-state index in [1.807, 2.05) is 0 Å². The van der Waals surface area contributed by atoms with Gasteiger partial charge in [-0.25, -0.2) is 5.43 Å². The van der Waals surface area contributed by atoms with Gasteiger partial charge >= 0.3 is 0 Å². The molecule has 1 rings (SSSR count). The zero-order valence-corrected chi connectivity index (χ0v) is 13.9. The third kappa shape index (κ3) is 8.98. The topological polar surface area (TPSA) is 81.9 Å². The third-order valence-electron chi connectivity index (χ3n) is 3.68. The van der Waals surface area contributed by atoms with E-state index in [2.05, 4.69) is 17.5 Å². The number of aliphatic hydroxyl groups is 1. The number of carbonyl (C=O) groups excluding carboxylic acids is 1. The second-order valence-electron chi connectivity index (χ2n) is 5.75. The number of carbonyl (C=O) groups is 1. The maximum atomic E-state index is 11.6. The lowest BCUT2D eigenvalue weighted by Gasteiger charge is -2.09. The molecule has 5 heteroatoms. The summed E-state index contributed by atoms with van der Waals surface area (Å²) in [6.45, 7) is 2.18. The van der Waals surface area contributed by atoms with Crippen molar-refractivity contribution < 1.29 is 15.0 Å². The van der Waals surface area contributed by atoms with Crippen molar-refractivity contribution in [1.82, 2.24) is 5.43 Å². The van der Waals surface area contributed by atoms with Crippen molar-refractivity contribution in [3.63, 3.8) is 0 Å². The van der Waals surface area contributed by atoms with E-state index >= 15 is 0 Å². The Morgan fingerprint density at radius 2 is 1.96 bits per heavy atom. The van der Waals surface area contributed by atoms with Crippen molar-refractivity contribution in [2.24, 2.45) is 5.10 Å². The van der Waals surface area contributed by atoms with Crippen LogP contribution in [0.25, 0.3) is 0 Å². The van der Waals surface area contributed by atoms with Gasteiger partial charge < -0.3 is 10.2 Å². The molecule has 0 bridgehead atoms. The number of rotatable bonds is 11. The van der Waals surface area contributed by atoms with E-state index in [0.29, 0.717) is 12.0 Å². The zero-order chi connectivity index (χ0) is 16.9. The highest BCUT2D eigenvalue weighted by atomic mass is 16.3. The number of para-hydroxylation sites is 1. The van der Waals surface area contributed by atoms with Crippen LogP contribution in [0.1, 0.15) is 63.9 Å². The molecule has 0 saturated heterocycles. The molecule has 1 aromatic carbocycles. The number of aromatic hydroxyl groups is 1. The van der Waals surface area contributed by atoms with E-state index in [4.69, 9.17) is 0 Å². The van der Waals surface area contributed by atoms with Gasteiger partial charge in [-0.15, -0.1) is 0 Å². The Balaban J connectivity index is 2.15. The number of phenols is 1. The predicted molar refractivity (Wildman–Crippen MR) is 92.5 cm³/mol. The number of benzene rings is 1. The molecule has 128 valence electrons. The lowest BCUT2D eigenvalue weighted by Crippen LogP contribution is -2.19. The Labute approximate surface area is 138 Å². The van der Waals surface area contributed by atoms with Crippen LogP contribution in [0, 0.1) is 0 Å². The summed E-state index contributed by atoms with van der Waals surface area (Å²) in [4.78, 5) is 11.6. The monoisotopic (exact) mass is 320 g/mol. The molecule has 5 nitrogen and oxygen atoms in total. The minimum absolute atomic E-state index is 0.115. The Bertz CT molecular complexity index is 489. The first kappa shape index (κ1) is 19.2. The molecule has 0 aliphatic carbocycles. The van der Waals surface area contributed by atoms with Gasteiger partial charge in [0.05, 0.1) is 12.3 Å². The second kappa shape index (κ2) is 11.7. The van der Waals surface area contributed by atoms with Crippen LogP contribution in [-0.2, 0) is 4.79 Å². The van der Waals surface area contributed by atoms with E-state index in [-0.39, 0.29) is 18.1 Å². The van der Waals surface area contributed by atoms with Crippen LogP contribution < -0.4 is 5.43 Å². The summed E-state index contributed by atoms with van der Waals surface area (Å²) >= 11 is 0. The van der Waals surface area contributed by atoms with E-state index in [0.717, 1.165) is 19.3 Å². The molecule has 0 radical (unpaired) electrons. The number of aliphatic hydroxyl groups excluding tert-OH is 1. The lowest BCUT2D eigenvalue weighted by atomic mass is 10.0. The van der Waals surface area contributed by atoms with Crippen LogP contribution >= 0.6 is 0 Å².